The number of benzene rings is 3. The average molecular weight is 488 g/mol. The number of carbonyl (C=O) groups excluding carboxylic acids is 1. The summed E-state index contributed by atoms with van der Waals surface area (Å²) in [6.45, 7) is 5.17. The summed E-state index contributed by atoms with van der Waals surface area (Å²) in [5, 5.41) is 11.8. The molecule has 1 amide bonds. The molecule has 0 unspecified atom stereocenters. The number of hydrogen-bond acceptors (Lipinski definition) is 2. The van der Waals surface area contributed by atoms with Gasteiger partial charge >= 0.3 is 0 Å². The molecular formula is C31H34ClNO2. The first-order valence-corrected chi connectivity index (χ1v) is 12.8. The van der Waals surface area contributed by atoms with E-state index in [0.29, 0.717) is 37.4 Å². The third kappa shape index (κ3) is 6.42. The van der Waals surface area contributed by atoms with Gasteiger partial charge in [0.25, 0.3) is 5.91 Å². The van der Waals surface area contributed by atoms with Gasteiger partial charge in [0.05, 0.1) is 5.60 Å². The lowest BCUT2D eigenvalue weighted by molar-refractivity contribution is -0.129. The van der Waals surface area contributed by atoms with E-state index < -0.39 is 5.60 Å². The molecule has 0 aliphatic carbocycles. The Labute approximate surface area is 214 Å². The average Bonchev–Trinajstić information content (AvgIpc) is 2.86. The Morgan fingerprint density at radius 2 is 1.54 bits per heavy atom. The third-order valence-electron chi connectivity index (χ3n) is 7.10. The minimum atomic E-state index is -0.781. The van der Waals surface area contributed by atoms with E-state index in [0.717, 1.165) is 40.7 Å². The molecule has 1 fully saturated rings. The Morgan fingerprint density at radius 3 is 2.17 bits per heavy atom. The molecule has 4 rings (SSSR count). The summed E-state index contributed by atoms with van der Waals surface area (Å²) in [6.07, 6.45) is 3.42. The molecule has 1 N–H and O–H groups in total. The van der Waals surface area contributed by atoms with Crippen LogP contribution in [-0.4, -0.2) is 34.6 Å². The topological polar surface area (TPSA) is 40.5 Å². The lowest BCUT2D eigenvalue weighted by Gasteiger charge is -2.39. The number of hydrogen-bond donors (Lipinski definition) is 1. The van der Waals surface area contributed by atoms with Crippen LogP contribution in [0.2, 0.25) is 5.02 Å². The van der Waals surface area contributed by atoms with Crippen molar-refractivity contribution in [3.05, 3.63) is 112 Å². The Morgan fingerprint density at radius 1 is 0.943 bits per heavy atom. The minimum absolute atomic E-state index is 0.0303. The number of amides is 1. The summed E-state index contributed by atoms with van der Waals surface area (Å²) >= 11 is 6.36. The van der Waals surface area contributed by atoms with E-state index in [2.05, 4.69) is 19.1 Å². The Kier molecular flexibility index (Phi) is 8.10. The Balaban J connectivity index is 1.55. The fraction of sp³-hybridized carbons (Fsp3) is 0.323. The monoisotopic (exact) mass is 487 g/mol. The molecule has 0 aromatic heterocycles. The highest BCUT2D eigenvalue weighted by atomic mass is 35.5. The van der Waals surface area contributed by atoms with Crippen molar-refractivity contribution in [1.82, 2.24) is 4.90 Å². The van der Waals surface area contributed by atoms with E-state index >= 15 is 0 Å². The number of allylic oxidation sites excluding steroid dienone is 1. The van der Waals surface area contributed by atoms with Gasteiger partial charge in [-0.3, -0.25) is 4.79 Å². The number of halogens is 1. The van der Waals surface area contributed by atoms with Gasteiger partial charge in [0.1, 0.15) is 0 Å². The minimum Gasteiger partial charge on any atom is -0.389 e. The lowest BCUT2D eigenvalue weighted by Crippen LogP contribution is -2.48. The summed E-state index contributed by atoms with van der Waals surface area (Å²) in [6, 6.07) is 26.2. The second-order valence-corrected chi connectivity index (χ2v) is 10.2. The van der Waals surface area contributed by atoms with Crippen LogP contribution in [0.15, 0.2) is 84.4 Å². The summed E-state index contributed by atoms with van der Waals surface area (Å²) in [4.78, 5) is 15.8. The van der Waals surface area contributed by atoms with Crippen LogP contribution in [0.3, 0.4) is 0 Å². The normalized spacial score (nSPS) is 16.1. The molecule has 1 aliphatic heterocycles. The zero-order chi connectivity index (χ0) is 24.8. The number of rotatable bonds is 7. The van der Waals surface area contributed by atoms with Crippen molar-refractivity contribution in [3.63, 3.8) is 0 Å². The highest BCUT2D eigenvalue weighted by Gasteiger charge is 2.35. The molecule has 0 atom stereocenters. The van der Waals surface area contributed by atoms with Crippen molar-refractivity contribution in [1.29, 1.82) is 0 Å². The quantitative estimate of drug-likeness (QED) is 0.379. The van der Waals surface area contributed by atoms with E-state index in [-0.39, 0.29) is 5.91 Å². The molecule has 1 heterocycles. The first-order valence-electron chi connectivity index (χ1n) is 12.4. The fourth-order valence-electron chi connectivity index (χ4n) is 4.93. The third-order valence-corrected chi connectivity index (χ3v) is 7.33. The summed E-state index contributed by atoms with van der Waals surface area (Å²) in [7, 11) is 0. The predicted molar refractivity (Wildman–Crippen MR) is 144 cm³/mol. The SMILES string of the molecule is C/C(CCc1ccccc1)=C(\C(=O)N1CCC(O)(Cc2ccccc2)CC1)c1cc(Cl)ccc1C. The van der Waals surface area contributed by atoms with Crippen LogP contribution in [0.5, 0.6) is 0 Å². The number of piperidine rings is 1. The fourth-order valence-corrected chi connectivity index (χ4v) is 5.10. The van der Waals surface area contributed by atoms with Crippen LogP contribution in [0, 0.1) is 6.92 Å². The van der Waals surface area contributed by atoms with Crippen LogP contribution in [0.25, 0.3) is 5.57 Å². The van der Waals surface area contributed by atoms with E-state index in [4.69, 9.17) is 11.6 Å². The predicted octanol–water partition coefficient (Wildman–Crippen LogP) is 6.65. The molecular weight excluding hydrogens is 454 g/mol. The van der Waals surface area contributed by atoms with Gasteiger partial charge < -0.3 is 10.0 Å². The van der Waals surface area contributed by atoms with Crippen LogP contribution in [-0.2, 0) is 17.6 Å². The maximum absolute atomic E-state index is 13.9. The van der Waals surface area contributed by atoms with Crippen LogP contribution in [0.1, 0.15) is 48.4 Å². The molecule has 1 aliphatic rings. The Bertz CT molecular complexity index is 1180. The van der Waals surface area contributed by atoms with Gasteiger partial charge in [-0.1, -0.05) is 83.9 Å². The first kappa shape index (κ1) is 25.2. The van der Waals surface area contributed by atoms with Crippen LogP contribution in [0.4, 0.5) is 0 Å². The van der Waals surface area contributed by atoms with Crippen LogP contribution >= 0.6 is 11.6 Å². The molecule has 3 nitrogen and oxygen atoms in total. The maximum atomic E-state index is 13.9. The molecule has 35 heavy (non-hydrogen) atoms. The summed E-state index contributed by atoms with van der Waals surface area (Å²) in [5.74, 6) is 0.0303. The highest BCUT2D eigenvalue weighted by Crippen LogP contribution is 2.32. The lowest BCUT2D eigenvalue weighted by atomic mass is 9.84. The molecule has 4 heteroatoms. The molecule has 182 valence electrons. The first-order chi connectivity index (χ1) is 16.8. The van der Waals surface area contributed by atoms with Gasteiger partial charge in [-0.25, -0.2) is 0 Å². The zero-order valence-corrected chi connectivity index (χ0v) is 21.4. The molecule has 3 aromatic carbocycles. The molecule has 0 radical (unpaired) electrons. The van der Waals surface area contributed by atoms with Crippen molar-refractivity contribution in [2.24, 2.45) is 0 Å². The standard InChI is InChI=1S/C31H34ClNO2/c1-23-14-16-27(32)21-28(23)29(24(2)13-15-25-9-5-3-6-10-25)30(34)33-19-17-31(35,18-20-33)22-26-11-7-4-8-12-26/h3-12,14,16,21,35H,13,15,17-20,22H2,1-2H3/b29-24+. The molecule has 0 spiro atoms. The summed E-state index contributed by atoms with van der Waals surface area (Å²) in [5.41, 5.74) is 5.35. The van der Waals surface area contributed by atoms with E-state index in [1.807, 2.05) is 78.6 Å². The van der Waals surface area contributed by atoms with E-state index in [1.165, 1.54) is 5.56 Å². The van der Waals surface area contributed by atoms with Gasteiger partial charge in [-0.05, 0) is 73.9 Å². The van der Waals surface area contributed by atoms with Crippen molar-refractivity contribution >= 4 is 23.1 Å². The largest absolute Gasteiger partial charge is 0.389 e. The smallest absolute Gasteiger partial charge is 0.254 e. The second-order valence-electron chi connectivity index (χ2n) is 9.78. The Hall–Kier alpha value is -2.88. The molecule has 3 aromatic rings. The summed E-state index contributed by atoms with van der Waals surface area (Å²) < 4.78 is 0. The second kappa shape index (κ2) is 11.2. The molecule has 0 bridgehead atoms. The zero-order valence-electron chi connectivity index (χ0n) is 20.6. The van der Waals surface area contributed by atoms with Crippen molar-refractivity contribution < 1.29 is 9.90 Å². The van der Waals surface area contributed by atoms with Gasteiger partial charge in [0.15, 0.2) is 0 Å². The number of likely N-dealkylation sites (tertiary alicyclic amines) is 1. The number of aliphatic hydroxyl groups is 1. The number of aryl methyl sites for hydroxylation is 2. The van der Waals surface area contributed by atoms with Gasteiger partial charge in [-0.2, -0.15) is 0 Å². The molecule has 1 saturated heterocycles. The highest BCUT2D eigenvalue weighted by molar-refractivity contribution is 6.31. The van der Waals surface area contributed by atoms with E-state index in [1.54, 1.807) is 0 Å². The van der Waals surface area contributed by atoms with Gasteiger partial charge in [0, 0.05) is 30.1 Å². The van der Waals surface area contributed by atoms with Crippen molar-refractivity contribution in [2.75, 3.05) is 13.1 Å². The number of nitrogens with zero attached hydrogens (tertiary/aromatic N) is 1. The van der Waals surface area contributed by atoms with Gasteiger partial charge in [-0.15, -0.1) is 0 Å². The van der Waals surface area contributed by atoms with E-state index in [9.17, 15) is 9.90 Å². The van der Waals surface area contributed by atoms with Gasteiger partial charge in [0.2, 0.25) is 0 Å². The molecule has 0 saturated carbocycles. The van der Waals surface area contributed by atoms with Crippen molar-refractivity contribution in [3.8, 4) is 0 Å². The number of carbonyl (C=O) groups is 1. The van der Waals surface area contributed by atoms with Crippen LogP contribution < -0.4 is 0 Å². The van der Waals surface area contributed by atoms with Crippen molar-refractivity contribution in [2.45, 2.75) is 51.6 Å². The maximum Gasteiger partial charge on any atom is 0.254 e.